The second-order valence-corrected chi connectivity index (χ2v) is 5.54. The van der Waals surface area contributed by atoms with Crippen LogP contribution in [-0.4, -0.2) is 17.7 Å². The Labute approximate surface area is 124 Å². The molecule has 1 aromatic heterocycles. The highest BCUT2D eigenvalue weighted by Crippen LogP contribution is 2.29. The molecule has 0 amide bonds. The van der Waals surface area contributed by atoms with Gasteiger partial charge in [-0.15, -0.1) is 0 Å². The molecule has 0 aliphatic carbocycles. The van der Waals surface area contributed by atoms with Crippen LogP contribution in [0.1, 0.15) is 20.8 Å². The van der Waals surface area contributed by atoms with E-state index in [1.807, 2.05) is 39.0 Å². The number of hydrogen-bond acceptors (Lipinski definition) is 5. The van der Waals surface area contributed by atoms with Gasteiger partial charge < -0.3 is 19.9 Å². The van der Waals surface area contributed by atoms with E-state index >= 15 is 0 Å². The lowest BCUT2D eigenvalue weighted by Crippen LogP contribution is -2.24. The van der Waals surface area contributed by atoms with Gasteiger partial charge in [-0.2, -0.15) is 4.98 Å². The number of hydrogen-bond donors (Lipinski definition) is 1. The van der Waals surface area contributed by atoms with Crippen LogP contribution in [0.3, 0.4) is 0 Å². The maximum Gasteiger partial charge on any atom is 0.241 e. The van der Waals surface area contributed by atoms with Gasteiger partial charge >= 0.3 is 0 Å². The number of nitrogens with two attached hydrogens (primary N) is 1. The van der Waals surface area contributed by atoms with Crippen LogP contribution in [0, 0.1) is 0 Å². The predicted molar refractivity (Wildman–Crippen MR) is 82.1 cm³/mol. The van der Waals surface area contributed by atoms with E-state index in [1.165, 1.54) is 0 Å². The average Bonchev–Trinajstić information content (AvgIpc) is 2.41. The first kappa shape index (κ1) is 15.0. The van der Waals surface area contributed by atoms with Gasteiger partial charge in [0.05, 0.1) is 12.8 Å². The van der Waals surface area contributed by atoms with Crippen molar-refractivity contribution in [1.82, 2.24) is 4.98 Å². The van der Waals surface area contributed by atoms with Crippen molar-refractivity contribution in [2.75, 3.05) is 12.8 Å². The van der Waals surface area contributed by atoms with Crippen LogP contribution in [-0.2, 0) is 0 Å². The fraction of sp³-hybridized carbons (Fsp3) is 0.312. The fourth-order valence-corrected chi connectivity index (χ4v) is 1.65. The molecule has 2 rings (SSSR count). The summed E-state index contributed by atoms with van der Waals surface area (Å²) in [5.74, 6) is 2.13. The van der Waals surface area contributed by atoms with Gasteiger partial charge in [0, 0.05) is 12.1 Å². The molecule has 0 unspecified atom stereocenters. The molecule has 21 heavy (non-hydrogen) atoms. The Morgan fingerprint density at radius 3 is 2.43 bits per heavy atom. The van der Waals surface area contributed by atoms with E-state index in [2.05, 4.69) is 4.98 Å². The summed E-state index contributed by atoms with van der Waals surface area (Å²) in [5.41, 5.74) is 5.97. The summed E-state index contributed by atoms with van der Waals surface area (Å²) >= 11 is 0. The Hall–Kier alpha value is -2.43. The minimum atomic E-state index is -0.379. The first-order chi connectivity index (χ1) is 9.87. The average molecular weight is 288 g/mol. The molecule has 112 valence electrons. The Morgan fingerprint density at radius 1 is 1.05 bits per heavy atom. The van der Waals surface area contributed by atoms with E-state index in [1.54, 1.807) is 25.3 Å². The molecule has 0 saturated carbocycles. The van der Waals surface area contributed by atoms with Gasteiger partial charge in [-0.25, -0.2) is 0 Å². The van der Waals surface area contributed by atoms with Crippen molar-refractivity contribution >= 4 is 5.69 Å². The maximum absolute atomic E-state index is 5.87. The first-order valence-corrected chi connectivity index (χ1v) is 6.65. The van der Waals surface area contributed by atoms with E-state index in [9.17, 15) is 0 Å². The van der Waals surface area contributed by atoms with E-state index in [0.29, 0.717) is 28.9 Å². The smallest absolute Gasteiger partial charge is 0.241 e. The summed E-state index contributed by atoms with van der Waals surface area (Å²) in [5, 5.41) is 0. The predicted octanol–water partition coefficient (Wildman–Crippen LogP) is 3.64. The number of ether oxygens (including phenoxy) is 3. The summed E-state index contributed by atoms with van der Waals surface area (Å²) in [6, 6.07) is 10.7. The number of methoxy groups -OCH3 is 1. The molecule has 0 aliphatic heterocycles. The molecule has 5 nitrogen and oxygen atoms in total. The molecule has 0 radical (unpaired) electrons. The standard InChI is InChI=1S/C16H20N2O3/c1-16(2,3)21-15-13(17)8-9-14(18-15)20-12-7-5-6-11(10-12)19-4/h5-10H,17H2,1-4H3. The molecule has 0 bridgehead atoms. The number of nitrogen functional groups attached to an aromatic ring is 1. The van der Waals surface area contributed by atoms with E-state index < -0.39 is 0 Å². The molecule has 0 saturated heterocycles. The largest absolute Gasteiger partial charge is 0.497 e. The molecule has 1 aromatic carbocycles. The van der Waals surface area contributed by atoms with Crippen LogP contribution in [0.2, 0.25) is 0 Å². The van der Waals surface area contributed by atoms with Crippen molar-refractivity contribution in [3.05, 3.63) is 36.4 Å². The van der Waals surface area contributed by atoms with Crippen LogP contribution in [0.4, 0.5) is 5.69 Å². The van der Waals surface area contributed by atoms with Crippen molar-refractivity contribution in [3.63, 3.8) is 0 Å². The molecule has 0 atom stereocenters. The van der Waals surface area contributed by atoms with Gasteiger partial charge in [-0.3, -0.25) is 0 Å². The number of nitrogens with zero attached hydrogens (tertiary/aromatic N) is 1. The normalized spacial score (nSPS) is 11.0. The van der Waals surface area contributed by atoms with Gasteiger partial charge in [0.25, 0.3) is 0 Å². The van der Waals surface area contributed by atoms with Crippen LogP contribution < -0.4 is 19.9 Å². The summed E-state index contributed by atoms with van der Waals surface area (Å²) in [6.07, 6.45) is 0. The Balaban J connectivity index is 2.22. The molecule has 0 fully saturated rings. The first-order valence-electron chi connectivity index (χ1n) is 6.65. The third-order valence-electron chi connectivity index (χ3n) is 2.53. The molecule has 0 spiro atoms. The lowest BCUT2D eigenvalue weighted by atomic mass is 10.2. The van der Waals surface area contributed by atoms with Crippen molar-refractivity contribution in [2.24, 2.45) is 0 Å². The van der Waals surface area contributed by atoms with E-state index in [4.69, 9.17) is 19.9 Å². The molecule has 1 heterocycles. The van der Waals surface area contributed by atoms with Gasteiger partial charge in [0.1, 0.15) is 17.1 Å². The second-order valence-electron chi connectivity index (χ2n) is 5.54. The Kier molecular flexibility index (Phi) is 4.21. The van der Waals surface area contributed by atoms with Crippen LogP contribution in [0.25, 0.3) is 0 Å². The van der Waals surface area contributed by atoms with Crippen LogP contribution in [0.15, 0.2) is 36.4 Å². The minimum Gasteiger partial charge on any atom is -0.497 e. The highest BCUT2D eigenvalue weighted by molar-refractivity contribution is 5.50. The number of anilines is 1. The highest BCUT2D eigenvalue weighted by Gasteiger charge is 2.16. The van der Waals surface area contributed by atoms with Crippen molar-refractivity contribution < 1.29 is 14.2 Å². The zero-order valence-electron chi connectivity index (χ0n) is 12.7. The summed E-state index contributed by atoms with van der Waals surface area (Å²) in [7, 11) is 1.61. The third-order valence-corrected chi connectivity index (χ3v) is 2.53. The van der Waals surface area contributed by atoms with Crippen molar-refractivity contribution in [1.29, 1.82) is 0 Å². The van der Waals surface area contributed by atoms with Crippen LogP contribution >= 0.6 is 0 Å². The summed E-state index contributed by atoms with van der Waals surface area (Å²) in [4.78, 5) is 4.30. The zero-order valence-corrected chi connectivity index (χ0v) is 12.7. The Bertz CT molecular complexity index is 621. The summed E-state index contributed by atoms with van der Waals surface area (Å²) < 4.78 is 16.6. The third kappa shape index (κ3) is 4.27. The molecule has 5 heteroatoms. The lowest BCUT2D eigenvalue weighted by Gasteiger charge is -2.21. The molecular weight excluding hydrogens is 268 g/mol. The zero-order chi connectivity index (χ0) is 15.5. The SMILES string of the molecule is COc1cccc(Oc2ccc(N)c(OC(C)(C)C)n2)c1. The van der Waals surface area contributed by atoms with Crippen LogP contribution in [0.5, 0.6) is 23.3 Å². The monoisotopic (exact) mass is 288 g/mol. The second kappa shape index (κ2) is 5.91. The molecule has 0 aliphatic rings. The van der Waals surface area contributed by atoms with E-state index in [-0.39, 0.29) is 5.60 Å². The quantitative estimate of drug-likeness (QED) is 0.930. The Morgan fingerprint density at radius 2 is 1.76 bits per heavy atom. The van der Waals surface area contributed by atoms with E-state index in [0.717, 1.165) is 0 Å². The van der Waals surface area contributed by atoms with Crippen molar-refractivity contribution in [2.45, 2.75) is 26.4 Å². The molecule has 2 N–H and O–H groups in total. The van der Waals surface area contributed by atoms with Gasteiger partial charge in [0.15, 0.2) is 0 Å². The number of aromatic nitrogens is 1. The molecule has 2 aromatic rings. The van der Waals surface area contributed by atoms with Crippen molar-refractivity contribution in [3.8, 4) is 23.3 Å². The fourth-order valence-electron chi connectivity index (χ4n) is 1.65. The maximum atomic E-state index is 5.87. The number of rotatable bonds is 4. The molecular formula is C16H20N2O3. The highest BCUT2D eigenvalue weighted by atomic mass is 16.5. The lowest BCUT2D eigenvalue weighted by molar-refractivity contribution is 0.124. The topological polar surface area (TPSA) is 66.6 Å². The summed E-state index contributed by atoms with van der Waals surface area (Å²) in [6.45, 7) is 5.80. The number of benzene rings is 1. The van der Waals surface area contributed by atoms with Gasteiger partial charge in [-0.1, -0.05) is 6.07 Å². The van der Waals surface area contributed by atoms with Gasteiger partial charge in [0.2, 0.25) is 11.8 Å². The minimum absolute atomic E-state index is 0.364. The van der Waals surface area contributed by atoms with Gasteiger partial charge in [-0.05, 0) is 39.0 Å². The number of pyridine rings is 1.